The second kappa shape index (κ2) is 3.93. The van der Waals surface area contributed by atoms with Crippen molar-refractivity contribution >= 4 is 15.9 Å². The average Bonchev–Trinajstić information content (AvgIpc) is 2.86. The van der Waals surface area contributed by atoms with E-state index in [1.165, 1.54) is 43.0 Å². The van der Waals surface area contributed by atoms with Crippen LogP contribution in [0, 0.1) is 11.8 Å². The molecule has 0 N–H and O–H groups in total. The molecular weight excluding hydrogens is 248 g/mol. The summed E-state index contributed by atoms with van der Waals surface area (Å²) in [5.41, 5.74) is 3.19. The van der Waals surface area contributed by atoms with Crippen molar-refractivity contribution in [3.05, 3.63) is 33.8 Å². The molecule has 1 aromatic carbocycles. The first kappa shape index (κ1) is 9.89. The van der Waals surface area contributed by atoms with E-state index in [4.69, 9.17) is 0 Å². The first-order valence-corrected chi connectivity index (χ1v) is 6.90. The molecule has 0 radical (unpaired) electrons. The number of hydrogen-bond donors (Lipinski definition) is 0. The minimum atomic E-state index is 0.946. The number of fused-ring (bicyclic) bond motifs is 1. The van der Waals surface area contributed by atoms with Gasteiger partial charge >= 0.3 is 0 Å². The Morgan fingerprint density at radius 2 is 1.80 bits per heavy atom. The third-order valence-electron chi connectivity index (χ3n) is 4.23. The molecule has 80 valence electrons. The molecule has 0 saturated heterocycles. The lowest BCUT2D eigenvalue weighted by atomic mass is 9.88. The number of halogens is 1. The number of benzene rings is 1. The lowest BCUT2D eigenvalue weighted by Gasteiger charge is -2.16. The Hall–Kier alpha value is -0.300. The molecular formula is C14H17Br. The van der Waals surface area contributed by atoms with E-state index in [0.29, 0.717) is 0 Å². The zero-order valence-electron chi connectivity index (χ0n) is 9.01. The van der Waals surface area contributed by atoms with Gasteiger partial charge < -0.3 is 0 Å². The third-order valence-corrected chi connectivity index (χ3v) is 4.97. The van der Waals surface area contributed by atoms with Gasteiger partial charge in [0.2, 0.25) is 0 Å². The molecule has 3 rings (SSSR count). The first-order valence-electron chi connectivity index (χ1n) is 6.11. The van der Waals surface area contributed by atoms with E-state index >= 15 is 0 Å². The van der Waals surface area contributed by atoms with Crippen LogP contribution in [0.5, 0.6) is 0 Å². The highest BCUT2D eigenvalue weighted by Crippen LogP contribution is 2.41. The molecule has 0 amide bonds. The van der Waals surface area contributed by atoms with Gasteiger partial charge in [0.05, 0.1) is 0 Å². The van der Waals surface area contributed by atoms with Gasteiger partial charge in [-0.15, -0.1) is 0 Å². The van der Waals surface area contributed by atoms with Gasteiger partial charge in [-0.05, 0) is 41.9 Å². The summed E-state index contributed by atoms with van der Waals surface area (Å²) in [7, 11) is 0. The lowest BCUT2D eigenvalue weighted by molar-refractivity contribution is 0.353. The summed E-state index contributed by atoms with van der Waals surface area (Å²) in [5.74, 6) is 1.96. The van der Waals surface area contributed by atoms with Crippen molar-refractivity contribution < 1.29 is 0 Å². The van der Waals surface area contributed by atoms with Crippen LogP contribution in [-0.2, 0) is 12.8 Å². The Kier molecular flexibility index (Phi) is 2.59. The van der Waals surface area contributed by atoms with Crippen LogP contribution in [0.3, 0.4) is 0 Å². The molecule has 0 spiro atoms. The van der Waals surface area contributed by atoms with Crippen LogP contribution in [0.15, 0.2) is 22.7 Å². The van der Waals surface area contributed by atoms with Crippen LogP contribution in [-0.4, -0.2) is 0 Å². The fourth-order valence-electron chi connectivity index (χ4n) is 3.40. The Balaban J connectivity index is 1.82. The molecule has 2 aliphatic carbocycles. The second-order valence-electron chi connectivity index (χ2n) is 5.09. The highest BCUT2D eigenvalue weighted by atomic mass is 79.9. The highest BCUT2D eigenvalue weighted by Gasteiger charge is 2.31. The molecule has 1 fully saturated rings. The second-order valence-corrected chi connectivity index (χ2v) is 5.94. The summed E-state index contributed by atoms with van der Waals surface area (Å²) in [5, 5.41) is 0. The molecule has 0 bridgehead atoms. The summed E-state index contributed by atoms with van der Waals surface area (Å²) < 4.78 is 1.33. The largest absolute Gasteiger partial charge is 0.0609 e. The molecule has 15 heavy (non-hydrogen) atoms. The smallest absolute Gasteiger partial charge is 0.0210 e. The molecule has 1 atom stereocenters. The fourth-order valence-corrected chi connectivity index (χ4v) is 3.97. The van der Waals surface area contributed by atoms with Crippen molar-refractivity contribution in [2.24, 2.45) is 11.8 Å². The standard InChI is InChI=1S/C14H17Br/c15-14-7-3-6-11-8-12(9-13(11)14)10-4-1-2-5-10/h3,6-7,10,12H,1-2,4-5,8-9H2/t12-/m1/s1. The van der Waals surface area contributed by atoms with E-state index < -0.39 is 0 Å². The van der Waals surface area contributed by atoms with Crippen molar-refractivity contribution in [2.75, 3.05) is 0 Å². The van der Waals surface area contributed by atoms with Crippen molar-refractivity contribution in [3.8, 4) is 0 Å². The van der Waals surface area contributed by atoms with E-state index in [1.54, 1.807) is 11.1 Å². The zero-order valence-corrected chi connectivity index (χ0v) is 10.6. The van der Waals surface area contributed by atoms with Gasteiger partial charge in [0.15, 0.2) is 0 Å². The monoisotopic (exact) mass is 264 g/mol. The fraction of sp³-hybridized carbons (Fsp3) is 0.571. The van der Waals surface area contributed by atoms with Crippen LogP contribution in [0.25, 0.3) is 0 Å². The van der Waals surface area contributed by atoms with Gasteiger partial charge in [0.1, 0.15) is 0 Å². The molecule has 0 aromatic heterocycles. The average molecular weight is 265 g/mol. The first-order chi connectivity index (χ1) is 7.34. The summed E-state index contributed by atoms with van der Waals surface area (Å²) in [6, 6.07) is 6.69. The van der Waals surface area contributed by atoms with E-state index in [1.807, 2.05) is 0 Å². The highest BCUT2D eigenvalue weighted by molar-refractivity contribution is 9.10. The van der Waals surface area contributed by atoms with Crippen LogP contribution in [0.2, 0.25) is 0 Å². The number of rotatable bonds is 1. The Labute approximate surface area is 100 Å². The van der Waals surface area contributed by atoms with Crippen molar-refractivity contribution in [1.82, 2.24) is 0 Å². The molecule has 2 aliphatic rings. The van der Waals surface area contributed by atoms with Gasteiger partial charge in [-0.25, -0.2) is 0 Å². The van der Waals surface area contributed by atoms with Gasteiger partial charge in [0, 0.05) is 4.47 Å². The maximum Gasteiger partial charge on any atom is 0.0210 e. The normalized spacial score (nSPS) is 25.8. The van der Waals surface area contributed by atoms with Crippen molar-refractivity contribution in [3.63, 3.8) is 0 Å². The Morgan fingerprint density at radius 1 is 1.00 bits per heavy atom. The van der Waals surface area contributed by atoms with Crippen LogP contribution < -0.4 is 0 Å². The van der Waals surface area contributed by atoms with Gasteiger partial charge in [-0.2, -0.15) is 0 Å². The minimum Gasteiger partial charge on any atom is -0.0609 e. The van der Waals surface area contributed by atoms with E-state index in [2.05, 4.69) is 34.1 Å². The zero-order chi connectivity index (χ0) is 10.3. The SMILES string of the molecule is Brc1cccc2c1C[C@H](C1CCCC1)C2. The molecule has 1 saturated carbocycles. The lowest BCUT2D eigenvalue weighted by Crippen LogP contribution is -2.11. The topological polar surface area (TPSA) is 0 Å². The van der Waals surface area contributed by atoms with Gasteiger partial charge in [-0.1, -0.05) is 53.7 Å². The summed E-state index contributed by atoms with van der Waals surface area (Å²) in [6.07, 6.45) is 8.56. The van der Waals surface area contributed by atoms with E-state index in [0.717, 1.165) is 11.8 Å². The molecule has 1 aromatic rings. The maximum atomic E-state index is 3.68. The predicted octanol–water partition coefficient (Wildman–Crippen LogP) is 4.35. The van der Waals surface area contributed by atoms with E-state index in [-0.39, 0.29) is 0 Å². The van der Waals surface area contributed by atoms with Crippen molar-refractivity contribution in [2.45, 2.75) is 38.5 Å². The minimum absolute atomic E-state index is 0.946. The van der Waals surface area contributed by atoms with Crippen LogP contribution in [0.1, 0.15) is 36.8 Å². The van der Waals surface area contributed by atoms with Gasteiger partial charge in [0.25, 0.3) is 0 Å². The molecule has 1 heteroatoms. The summed E-state index contributed by atoms with van der Waals surface area (Å²) in [6.45, 7) is 0. The Bertz CT molecular complexity index is 364. The van der Waals surface area contributed by atoms with Crippen LogP contribution >= 0.6 is 15.9 Å². The molecule has 0 heterocycles. The number of hydrogen-bond acceptors (Lipinski definition) is 0. The predicted molar refractivity (Wildman–Crippen MR) is 67.0 cm³/mol. The maximum absolute atomic E-state index is 3.68. The van der Waals surface area contributed by atoms with Crippen LogP contribution in [0.4, 0.5) is 0 Å². The molecule has 0 unspecified atom stereocenters. The Morgan fingerprint density at radius 3 is 2.53 bits per heavy atom. The quantitative estimate of drug-likeness (QED) is 0.708. The molecule has 0 nitrogen and oxygen atoms in total. The van der Waals surface area contributed by atoms with Gasteiger partial charge in [-0.3, -0.25) is 0 Å². The van der Waals surface area contributed by atoms with Crippen molar-refractivity contribution in [1.29, 1.82) is 0 Å². The summed E-state index contributed by atoms with van der Waals surface area (Å²) in [4.78, 5) is 0. The summed E-state index contributed by atoms with van der Waals surface area (Å²) >= 11 is 3.68. The van der Waals surface area contributed by atoms with E-state index in [9.17, 15) is 0 Å². The third kappa shape index (κ3) is 1.75. The molecule has 0 aliphatic heterocycles.